The van der Waals surface area contributed by atoms with Crippen molar-refractivity contribution in [2.75, 3.05) is 63.0 Å². The Labute approximate surface area is 822 Å². The maximum atomic E-state index is 16.0. The number of nitrogens with one attached hydrogen (secondary N) is 7. The summed E-state index contributed by atoms with van der Waals surface area (Å²) in [6.07, 6.45) is -6.93. The summed E-state index contributed by atoms with van der Waals surface area (Å²) < 4.78 is 38.4. The number of Topliss-reactive ketones (excluding diaryl/α,β-unsaturated/α-hetero) is 2. The number of hydrogen-bond donors (Lipinski definition) is 12. The Morgan fingerprint density at radius 1 is 0.732 bits per heavy atom. The molecule has 0 radical (unpaired) electrons. The summed E-state index contributed by atoms with van der Waals surface area (Å²) in [4.78, 5) is 196. The van der Waals surface area contributed by atoms with E-state index < -0.39 is 221 Å². The molecular formula is C102H133N9O23S4. The summed E-state index contributed by atoms with van der Waals surface area (Å²) in [6.45, 7) is 15.7. The number of carbonyl (C=O) groups is 13. The van der Waals surface area contributed by atoms with E-state index in [1.54, 1.807) is 163 Å². The van der Waals surface area contributed by atoms with Gasteiger partial charge in [0.1, 0.15) is 59.9 Å². The second-order valence-electron chi connectivity index (χ2n) is 37.4. The summed E-state index contributed by atoms with van der Waals surface area (Å²) in [5.74, 6) is -13.7. The van der Waals surface area contributed by atoms with Gasteiger partial charge in [-0.15, -0.1) is 0 Å². The van der Waals surface area contributed by atoms with Crippen molar-refractivity contribution in [1.29, 1.82) is 0 Å². The highest BCUT2D eigenvalue weighted by atomic mass is 33.1. The lowest BCUT2D eigenvalue weighted by Gasteiger charge is -2.68. The zero-order valence-corrected chi connectivity index (χ0v) is 83.4. The van der Waals surface area contributed by atoms with Gasteiger partial charge in [-0.3, -0.25) is 47.9 Å². The maximum Gasteiger partial charge on any atom is 0.410 e. The third kappa shape index (κ3) is 26.2. The second kappa shape index (κ2) is 49.9. The van der Waals surface area contributed by atoms with Crippen molar-refractivity contribution in [3.05, 3.63) is 196 Å². The van der Waals surface area contributed by atoms with Gasteiger partial charge in [0, 0.05) is 112 Å². The van der Waals surface area contributed by atoms with Gasteiger partial charge in [0.05, 0.1) is 60.5 Å². The zero-order chi connectivity index (χ0) is 99.9. The van der Waals surface area contributed by atoms with E-state index in [0.717, 1.165) is 32.7 Å². The Kier molecular flexibility index (Phi) is 39.2. The van der Waals surface area contributed by atoms with E-state index in [2.05, 4.69) is 37.2 Å². The molecule has 2 heterocycles. The van der Waals surface area contributed by atoms with Gasteiger partial charge in [-0.25, -0.2) is 14.4 Å². The highest BCUT2D eigenvalue weighted by Gasteiger charge is 2.78. The van der Waals surface area contributed by atoms with E-state index >= 15 is 33.6 Å². The van der Waals surface area contributed by atoms with E-state index in [-0.39, 0.29) is 93.4 Å². The molecule has 0 spiro atoms. The molecule has 6 aliphatic rings. The highest BCUT2D eigenvalue weighted by Crippen LogP contribution is 2.66. The van der Waals surface area contributed by atoms with E-state index in [1.807, 2.05) is 37.3 Å². The number of allylic oxidation sites excluding steroid dienone is 1. The molecule has 8 amide bonds. The number of rotatable bonds is 37. The third-order valence-electron chi connectivity index (χ3n) is 27.7. The molecule has 4 fully saturated rings. The number of methoxy groups -OCH3 is 1. The van der Waals surface area contributed by atoms with Crippen LogP contribution < -0.4 is 43.0 Å². The van der Waals surface area contributed by atoms with Crippen LogP contribution in [0.1, 0.15) is 178 Å². The molecular weight excluding hydrogens is 1850 g/mol. The second-order valence-corrected chi connectivity index (χ2v) is 42.6. The van der Waals surface area contributed by atoms with Gasteiger partial charge < -0.3 is 96.7 Å². The predicted octanol–water partition coefficient (Wildman–Crippen LogP) is 8.51. The molecule has 32 nitrogen and oxygen atoms in total. The van der Waals surface area contributed by atoms with Gasteiger partial charge >= 0.3 is 24.0 Å². The van der Waals surface area contributed by atoms with Crippen LogP contribution in [0.15, 0.2) is 163 Å². The van der Waals surface area contributed by atoms with Crippen LogP contribution in [0.3, 0.4) is 0 Å². The van der Waals surface area contributed by atoms with Crippen molar-refractivity contribution in [2.45, 2.75) is 255 Å². The van der Waals surface area contributed by atoms with Crippen molar-refractivity contribution in [3.63, 3.8) is 0 Å². The van der Waals surface area contributed by atoms with E-state index in [4.69, 9.17) is 34.2 Å². The molecule has 4 aliphatic carbocycles. The number of unbranched alkanes of at least 4 members (excludes halogenated alkanes) is 2. The van der Waals surface area contributed by atoms with Crippen LogP contribution in [0.25, 0.3) is 5.57 Å². The number of benzene rings is 5. The van der Waals surface area contributed by atoms with Crippen LogP contribution in [0, 0.1) is 28.6 Å². The number of nitrogens with two attached hydrogens (primary N) is 1. The largest absolute Gasteiger partial charge is 0.455 e. The smallest absolute Gasteiger partial charge is 0.410 e. The van der Waals surface area contributed by atoms with Crippen LogP contribution in [-0.2, 0) is 100 Å². The molecule has 2 aliphatic heterocycles. The molecule has 21 atom stereocenters. The molecule has 11 rings (SSSR count). The molecule has 2 saturated heterocycles. The van der Waals surface area contributed by atoms with Crippen molar-refractivity contribution < 1.29 is 111 Å². The van der Waals surface area contributed by atoms with Crippen LogP contribution in [0.2, 0.25) is 0 Å². The summed E-state index contributed by atoms with van der Waals surface area (Å²) in [5.41, 5.74) is 4.35. The average Bonchev–Trinajstić information content (AvgIpc) is 0.706. The molecule has 36 heteroatoms. The minimum absolute atomic E-state index is 0.0111. The number of aliphatic hydroxyl groups is 4. The van der Waals surface area contributed by atoms with Crippen molar-refractivity contribution in [1.82, 2.24) is 42.1 Å². The van der Waals surface area contributed by atoms with Gasteiger partial charge in [-0.05, 0) is 129 Å². The van der Waals surface area contributed by atoms with Crippen LogP contribution in [0.5, 0.6) is 0 Å². The number of ether oxygens (including phenoxy) is 6. The summed E-state index contributed by atoms with van der Waals surface area (Å²) in [6, 6.07) is 32.3. The van der Waals surface area contributed by atoms with Gasteiger partial charge in [-0.1, -0.05) is 224 Å². The lowest BCUT2D eigenvalue weighted by molar-refractivity contribution is -0.346. The normalized spacial score (nSPS) is 27.0. The van der Waals surface area contributed by atoms with Gasteiger partial charge in [0.25, 0.3) is 0 Å². The van der Waals surface area contributed by atoms with Crippen LogP contribution in [-0.4, -0.2) is 261 Å². The molecule has 2 saturated carbocycles. The number of nitrogens with zero attached hydrogens (tertiary/aromatic N) is 1. The molecule has 748 valence electrons. The standard InChI is InChI=1S/C102H133N9O23S4/c1-12-13-45-111(98(127)132-86(59(2)67-34-22-16-23-35-67)97(126)131-80-54-102(128)89(133-96(125)69-37-24-17-25-38-69)87-100(10,88(118)61(4)84(60(80)3)99(102,8)9)81(129-11)53-82-101(87,58-130-82)134-64(7)115)46-48-136-135-47-43-83(117)104-74(50-66-32-20-15-21-33-66)92(121)108-77-56-137-138-57-78(94(123)107-76(55-112)62(5)113)109-95(124)85(63(6)114)110-91(120)73(40-28-29-44-103)105-93(122)75(51-70-42-41-68-36-26-27-39-72(68)70)106-90(119)71(52-79(77)116)49-65-30-18-14-19-31-65/h14-27,30-39,42,59,61-63,71,73-78,80-82,85-87,89,112-114,128H,12-13,28-29,40-41,43-58,103H2,1-11H3,(H,104,117)(H,105,122)(H,106,119)(H,107,123)(H,108,121)(H,109,124)(H,110,120)/t59-,61+,62+,63+,71+,73-,74+,75+,76+,77-,78-,80?,81-,82+,85-,86?,87-,89-,100+,101-,102+/m0/s1. The maximum absolute atomic E-state index is 16.0. The van der Waals surface area contributed by atoms with E-state index in [9.17, 15) is 49.2 Å². The number of amides is 8. The molecule has 5 aromatic carbocycles. The number of carbonyl (C=O) groups excluding carboxylic acids is 13. The summed E-state index contributed by atoms with van der Waals surface area (Å²) in [7, 11) is 6.10. The monoisotopic (exact) mass is 1980 g/mol. The molecule has 0 aromatic heterocycles. The summed E-state index contributed by atoms with van der Waals surface area (Å²) in [5, 5.41) is 65.5. The summed E-state index contributed by atoms with van der Waals surface area (Å²) >= 11 is 0. The van der Waals surface area contributed by atoms with Gasteiger partial charge in [-0.2, -0.15) is 0 Å². The van der Waals surface area contributed by atoms with Crippen molar-refractivity contribution >= 4 is 126 Å². The number of aliphatic hydroxyl groups excluding tert-OH is 3. The predicted molar refractivity (Wildman–Crippen MR) is 526 cm³/mol. The number of esters is 3. The molecule has 138 heavy (non-hydrogen) atoms. The lowest BCUT2D eigenvalue weighted by atomic mass is 9.43. The fourth-order valence-corrected chi connectivity index (χ4v) is 24.2. The lowest BCUT2D eigenvalue weighted by Crippen LogP contribution is -2.81. The van der Waals surface area contributed by atoms with Gasteiger partial charge in [0.2, 0.25) is 47.5 Å². The average molecular weight is 1980 g/mol. The minimum atomic E-state index is -2.24. The van der Waals surface area contributed by atoms with E-state index in [1.165, 1.54) is 54.4 Å². The first kappa shape index (κ1) is 108. The molecule has 5 aromatic rings. The first-order chi connectivity index (χ1) is 65.9. The minimum Gasteiger partial charge on any atom is -0.455 e. The SMILES string of the molecule is CCCCN(CCSSCCC(=O)N[C@H](Cc1ccccc1)C(=O)N[C@H]1CSSC[C@@H](C(=O)N[C@H](CO)[C@@H](C)O)NC(=O)[C@H]([C@@H](C)O)NC(=O)[C@H](CCCCN)NC(=O)[C@@H](CC2=CCc3ccccc32)NC(=O)[C@H](Cc2ccccc2)CC1=O)C(=O)OC(C(=O)OC1C[C@@]2(O)[C@@H](OC(=O)c3ccccc3)[C@@H]3[C@]4(OC(C)=O)CO[C@@H]4C[C@H](OC)[C@@]3(C)C(=O)[C@H](C)C(=C1C)C2(C)C)[C@@H](C)c1ccccc1. The Morgan fingerprint density at radius 2 is 1.37 bits per heavy atom. The number of ketones is 2. The Morgan fingerprint density at radius 3 is 2.01 bits per heavy atom. The number of fused-ring (bicyclic) bond motifs is 6. The third-order valence-corrected chi connectivity index (χ3v) is 32.5. The number of hydrogen-bond acceptors (Lipinski definition) is 28. The zero-order valence-electron chi connectivity index (χ0n) is 80.1. The van der Waals surface area contributed by atoms with Crippen LogP contribution >= 0.6 is 43.2 Å². The Hall–Kier alpha value is -9.99. The van der Waals surface area contributed by atoms with Crippen molar-refractivity contribution in [3.8, 4) is 0 Å². The molecule has 2 bridgehead atoms. The topological polar surface area (TPSA) is 472 Å². The first-order valence-corrected chi connectivity index (χ1v) is 52.3. The fraction of sp³-hybridized carbons (Fsp3) is 0.539. The Balaban J connectivity index is 0.820. The van der Waals surface area contributed by atoms with Crippen molar-refractivity contribution in [2.24, 2.45) is 34.3 Å². The Bertz CT molecular complexity index is 5160. The molecule has 2 unspecified atom stereocenters. The van der Waals surface area contributed by atoms with Crippen LogP contribution in [0.4, 0.5) is 4.79 Å². The van der Waals surface area contributed by atoms with E-state index in [0.29, 0.717) is 71.3 Å². The fourth-order valence-electron chi connectivity index (χ4n) is 19.9. The first-order valence-electron chi connectivity index (χ1n) is 47.4. The molecule has 13 N–H and O–H groups in total. The quantitative estimate of drug-likeness (QED) is 0.00582. The van der Waals surface area contributed by atoms with Gasteiger partial charge in [0.15, 0.2) is 11.4 Å². The highest BCUT2D eigenvalue weighted by molar-refractivity contribution is 8.77.